The number of aryl methyl sites for hydroxylation is 1. The van der Waals surface area contributed by atoms with E-state index in [-0.39, 0.29) is 10.8 Å². The Morgan fingerprint density at radius 2 is 1.79 bits per heavy atom. The number of nitrogens with one attached hydrogen (secondary N) is 2. The molecule has 1 aliphatic rings. The fraction of sp³-hybridized carbons (Fsp3) is 0.458. The second kappa shape index (κ2) is 12.5. The number of unbranched alkanes of at least 4 members (excludes halogenated alkanes) is 2. The van der Waals surface area contributed by atoms with Crippen LogP contribution in [0.1, 0.15) is 37.7 Å². The number of sulfonamides is 1. The van der Waals surface area contributed by atoms with Crippen molar-refractivity contribution < 1.29 is 27.4 Å². The lowest BCUT2D eigenvalue weighted by molar-refractivity contribution is -0.121. The van der Waals surface area contributed by atoms with Gasteiger partial charge in [-0.1, -0.05) is 18.6 Å². The van der Waals surface area contributed by atoms with E-state index < -0.39 is 10.0 Å². The van der Waals surface area contributed by atoms with E-state index in [1.165, 1.54) is 12.1 Å². The van der Waals surface area contributed by atoms with Gasteiger partial charge in [0.1, 0.15) is 19.0 Å². The number of fused-ring (bicyclic) bond motifs is 1. The summed E-state index contributed by atoms with van der Waals surface area (Å²) in [4.78, 5) is 12.1. The quantitative estimate of drug-likeness (QED) is 0.431. The Hall–Kier alpha value is -2.78. The van der Waals surface area contributed by atoms with Crippen LogP contribution in [0.5, 0.6) is 17.2 Å². The number of ether oxygens (including phenoxy) is 3. The average Bonchev–Trinajstić information content (AvgIpc) is 2.81. The Kier molecular flexibility index (Phi) is 9.38. The normalized spacial score (nSPS) is 12.9. The summed E-state index contributed by atoms with van der Waals surface area (Å²) in [7, 11) is -3.61. The molecule has 33 heavy (non-hydrogen) atoms. The molecular weight excluding hydrogens is 444 g/mol. The molecule has 0 fully saturated rings. The zero-order valence-corrected chi connectivity index (χ0v) is 19.8. The van der Waals surface area contributed by atoms with Crippen molar-refractivity contribution in [2.24, 2.45) is 0 Å². The van der Waals surface area contributed by atoms with Gasteiger partial charge in [-0.15, -0.1) is 0 Å². The van der Waals surface area contributed by atoms with Crippen LogP contribution >= 0.6 is 0 Å². The Morgan fingerprint density at radius 1 is 0.970 bits per heavy atom. The van der Waals surface area contributed by atoms with Gasteiger partial charge in [-0.3, -0.25) is 4.79 Å². The molecule has 0 spiro atoms. The van der Waals surface area contributed by atoms with Gasteiger partial charge in [0.05, 0.1) is 11.5 Å². The second-order valence-corrected chi connectivity index (χ2v) is 9.65. The van der Waals surface area contributed by atoms with Crippen LogP contribution in [-0.2, 0) is 14.8 Å². The van der Waals surface area contributed by atoms with Crippen molar-refractivity contribution in [2.75, 3.05) is 32.9 Å². The number of benzene rings is 2. The maximum Gasteiger partial charge on any atom is 0.240 e. The van der Waals surface area contributed by atoms with E-state index in [4.69, 9.17) is 14.2 Å². The Morgan fingerprint density at radius 3 is 2.61 bits per heavy atom. The molecule has 0 atom stereocenters. The second-order valence-electron chi connectivity index (χ2n) is 7.88. The van der Waals surface area contributed by atoms with Crippen LogP contribution in [0.4, 0.5) is 0 Å². The molecule has 3 rings (SSSR count). The zero-order chi connectivity index (χ0) is 23.5. The molecule has 0 unspecified atom stereocenters. The molecular formula is C24H32N2O6S. The maximum absolute atomic E-state index is 12.5. The molecule has 0 radical (unpaired) electrons. The number of carbonyl (C=O) groups excluding carboxylic acids is 1. The summed E-state index contributed by atoms with van der Waals surface area (Å²) < 4.78 is 44.0. The fourth-order valence-electron chi connectivity index (χ4n) is 3.35. The van der Waals surface area contributed by atoms with E-state index in [2.05, 4.69) is 10.0 Å². The van der Waals surface area contributed by atoms with Gasteiger partial charge in [-0.2, -0.15) is 0 Å². The predicted octanol–water partition coefficient (Wildman–Crippen LogP) is 3.19. The summed E-state index contributed by atoms with van der Waals surface area (Å²) in [6.45, 7) is 4.31. The van der Waals surface area contributed by atoms with Gasteiger partial charge in [-0.05, 0) is 56.0 Å². The Balaban J connectivity index is 1.23. The van der Waals surface area contributed by atoms with Crippen molar-refractivity contribution in [3.8, 4) is 17.2 Å². The van der Waals surface area contributed by atoms with Crippen LogP contribution < -0.4 is 24.2 Å². The summed E-state index contributed by atoms with van der Waals surface area (Å²) in [6.07, 6.45) is 3.28. The monoisotopic (exact) mass is 476 g/mol. The highest BCUT2D eigenvalue weighted by Gasteiger charge is 2.18. The van der Waals surface area contributed by atoms with E-state index in [1.54, 1.807) is 6.07 Å². The highest BCUT2D eigenvalue weighted by atomic mass is 32.2. The van der Waals surface area contributed by atoms with Crippen molar-refractivity contribution in [2.45, 2.75) is 43.9 Å². The molecule has 1 aliphatic heterocycles. The van der Waals surface area contributed by atoms with E-state index in [0.717, 1.165) is 24.2 Å². The van der Waals surface area contributed by atoms with Crippen LogP contribution in [0, 0.1) is 6.92 Å². The molecule has 0 aromatic heterocycles. The largest absolute Gasteiger partial charge is 0.494 e. The van der Waals surface area contributed by atoms with E-state index in [1.807, 2.05) is 31.2 Å². The van der Waals surface area contributed by atoms with E-state index in [9.17, 15) is 13.2 Å². The molecule has 2 aromatic rings. The molecule has 1 amide bonds. The molecule has 9 heteroatoms. The Labute approximate surface area is 195 Å². The van der Waals surface area contributed by atoms with Crippen molar-refractivity contribution in [1.82, 2.24) is 10.0 Å². The smallest absolute Gasteiger partial charge is 0.240 e. The predicted molar refractivity (Wildman–Crippen MR) is 125 cm³/mol. The molecule has 180 valence electrons. The highest BCUT2D eigenvalue weighted by molar-refractivity contribution is 7.89. The number of rotatable bonds is 13. The minimum atomic E-state index is -3.61. The number of amides is 1. The molecule has 2 aromatic carbocycles. The van der Waals surface area contributed by atoms with E-state index in [0.29, 0.717) is 63.7 Å². The maximum atomic E-state index is 12.5. The third-order valence-electron chi connectivity index (χ3n) is 5.10. The first kappa shape index (κ1) is 24.9. The topological polar surface area (TPSA) is 103 Å². The van der Waals surface area contributed by atoms with Crippen LogP contribution in [0.3, 0.4) is 0 Å². The summed E-state index contributed by atoms with van der Waals surface area (Å²) in [5, 5.41) is 2.89. The highest BCUT2D eigenvalue weighted by Crippen LogP contribution is 2.32. The van der Waals surface area contributed by atoms with Crippen LogP contribution in [0.2, 0.25) is 0 Å². The number of hydrogen-bond donors (Lipinski definition) is 2. The first-order chi connectivity index (χ1) is 15.9. The number of hydrogen-bond acceptors (Lipinski definition) is 6. The first-order valence-electron chi connectivity index (χ1n) is 11.3. The van der Waals surface area contributed by atoms with Gasteiger partial charge in [0.15, 0.2) is 11.5 Å². The summed E-state index contributed by atoms with van der Waals surface area (Å²) in [5.41, 5.74) is 1.15. The summed E-state index contributed by atoms with van der Waals surface area (Å²) in [6, 6.07) is 12.5. The van der Waals surface area contributed by atoms with E-state index >= 15 is 0 Å². The average molecular weight is 477 g/mol. The molecule has 1 heterocycles. The van der Waals surface area contributed by atoms with Crippen molar-refractivity contribution in [3.05, 3.63) is 48.0 Å². The van der Waals surface area contributed by atoms with Gasteiger partial charge >= 0.3 is 0 Å². The summed E-state index contributed by atoms with van der Waals surface area (Å²) >= 11 is 0. The molecule has 0 bridgehead atoms. The van der Waals surface area contributed by atoms with Crippen molar-refractivity contribution in [3.63, 3.8) is 0 Å². The fourth-order valence-corrected chi connectivity index (χ4v) is 4.44. The summed E-state index contributed by atoms with van der Waals surface area (Å²) in [5.74, 6) is 1.84. The number of carbonyl (C=O) groups is 1. The van der Waals surface area contributed by atoms with Crippen LogP contribution in [0.15, 0.2) is 47.4 Å². The minimum Gasteiger partial charge on any atom is -0.494 e. The standard InChI is InChI=1S/C24H32N2O6S/c1-19-7-5-8-20(17-19)30-14-6-12-25-24(27)9-3-2-4-13-26-33(28,29)21-10-11-22-23(18-21)32-16-15-31-22/h5,7-8,10-11,17-18,26H,2-4,6,9,12-16H2,1H3,(H,25,27). The molecule has 0 saturated carbocycles. The zero-order valence-electron chi connectivity index (χ0n) is 19.0. The van der Waals surface area contributed by atoms with Crippen molar-refractivity contribution in [1.29, 1.82) is 0 Å². The van der Waals surface area contributed by atoms with Gasteiger partial charge in [0, 0.05) is 25.6 Å². The third-order valence-corrected chi connectivity index (χ3v) is 6.56. The first-order valence-corrected chi connectivity index (χ1v) is 12.8. The van der Waals surface area contributed by atoms with Gasteiger partial charge in [-0.25, -0.2) is 13.1 Å². The lowest BCUT2D eigenvalue weighted by Crippen LogP contribution is -2.26. The lowest BCUT2D eigenvalue weighted by Gasteiger charge is -2.18. The van der Waals surface area contributed by atoms with Gasteiger partial charge < -0.3 is 19.5 Å². The lowest BCUT2D eigenvalue weighted by atomic mass is 10.2. The van der Waals surface area contributed by atoms with Crippen molar-refractivity contribution >= 4 is 15.9 Å². The molecule has 8 nitrogen and oxygen atoms in total. The van der Waals surface area contributed by atoms with Gasteiger partial charge in [0.2, 0.25) is 15.9 Å². The molecule has 0 saturated heterocycles. The SMILES string of the molecule is Cc1cccc(OCCCNC(=O)CCCCCNS(=O)(=O)c2ccc3c(c2)OCCO3)c1. The molecule has 2 N–H and O–H groups in total. The Bertz CT molecular complexity index is 1030. The van der Waals surface area contributed by atoms with Crippen LogP contribution in [-0.4, -0.2) is 47.2 Å². The van der Waals surface area contributed by atoms with Crippen LogP contribution in [0.25, 0.3) is 0 Å². The minimum absolute atomic E-state index is 0.00224. The van der Waals surface area contributed by atoms with Gasteiger partial charge in [0.25, 0.3) is 0 Å². The molecule has 0 aliphatic carbocycles. The third kappa shape index (κ3) is 8.25.